The van der Waals surface area contributed by atoms with E-state index in [0.29, 0.717) is 28.6 Å². The van der Waals surface area contributed by atoms with Gasteiger partial charge < -0.3 is 20.9 Å². The number of halogens is 1. The van der Waals surface area contributed by atoms with E-state index in [1.807, 2.05) is 20.8 Å². The number of benzene rings is 1. The summed E-state index contributed by atoms with van der Waals surface area (Å²) in [5.74, 6) is 0.0391. The van der Waals surface area contributed by atoms with Gasteiger partial charge in [0, 0.05) is 10.7 Å². The lowest BCUT2D eigenvalue weighted by atomic mass is 10.1. The second kappa shape index (κ2) is 8.59. The number of amides is 1. The van der Waals surface area contributed by atoms with Crippen molar-refractivity contribution in [3.63, 3.8) is 0 Å². The highest BCUT2D eigenvalue weighted by Crippen LogP contribution is 2.35. The van der Waals surface area contributed by atoms with Gasteiger partial charge in [-0.2, -0.15) is 0 Å². The molecule has 2 unspecified atom stereocenters. The SMILES string of the molecule is CCC(Nc1cc(C)nc(Oc2c(C)cc(Cl)cc2C)c1C(N)=O)C(C)O. The van der Waals surface area contributed by atoms with Crippen LogP contribution in [0.3, 0.4) is 0 Å². The number of hydrogen-bond donors (Lipinski definition) is 3. The monoisotopic (exact) mass is 391 g/mol. The van der Waals surface area contributed by atoms with E-state index in [9.17, 15) is 9.90 Å². The molecule has 1 heterocycles. The molecule has 2 aromatic rings. The van der Waals surface area contributed by atoms with E-state index in [4.69, 9.17) is 22.1 Å². The number of rotatable bonds is 7. The normalized spacial score (nSPS) is 13.1. The fraction of sp³-hybridized carbons (Fsp3) is 0.400. The van der Waals surface area contributed by atoms with Gasteiger partial charge in [-0.15, -0.1) is 0 Å². The van der Waals surface area contributed by atoms with Gasteiger partial charge in [-0.3, -0.25) is 4.79 Å². The summed E-state index contributed by atoms with van der Waals surface area (Å²) in [5.41, 5.74) is 8.57. The van der Waals surface area contributed by atoms with Crippen LogP contribution < -0.4 is 15.8 Å². The van der Waals surface area contributed by atoms with Gasteiger partial charge in [0.2, 0.25) is 5.88 Å². The molecular weight excluding hydrogens is 366 g/mol. The number of aliphatic hydroxyl groups excluding tert-OH is 1. The van der Waals surface area contributed by atoms with Crippen LogP contribution in [0, 0.1) is 20.8 Å². The number of ether oxygens (including phenoxy) is 1. The van der Waals surface area contributed by atoms with Crippen molar-refractivity contribution in [2.75, 3.05) is 5.32 Å². The number of primary amides is 1. The Morgan fingerprint density at radius 2 is 1.89 bits per heavy atom. The Balaban J connectivity index is 2.55. The van der Waals surface area contributed by atoms with Crippen molar-refractivity contribution in [2.45, 2.75) is 53.2 Å². The molecule has 146 valence electrons. The van der Waals surface area contributed by atoms with Crippen molar-refractivity contribution >= 4 is 23.2 Å². The fourth-order valence-corrected chi connectivity index (χ4v) is 3.32. The predicted octanol–water partition coefficient (Wildman–Crippen LogP) is 4.12. The molecule has 1 aromatic heterocycles. The number of aromatic nitrogens is 1. The number of anilines is 1. The van der Waals surface area contributed by atoms with Crippen molar-refractivity contribution in [2.24, 2.45) is 5.73 Å². The standard InChI is InChI=1S/C20H26ClN3O3/c1-6-15(13(5)25)24-16-9-12(4)23-20(17(16)19(22)26)27-18-10(2)7-14(21)8-11(18)3/h7-9,13,15,25H,6H2,1-5H3,(H2,22,26)(H,23,24). The van der Waals surface area contributed by atoms with Crippen molar-refractivity contribution in [1.82, 2.24) is 4.98 Å². The Hall–Kier alpha value is -2.31. The van der Waals surface area contributed by atoms with Gasteiger partial charge in [0.1, 0.15) is 11.3 Å². The molecule has 2 rings (SSSR count). The number of nitrogens with zero attached hydrogens (tertiary/aromatic N) is 1. The Bertz CT molecular complexity index is 830. The molecule has 0 radical (unpaired) electrons. The molecule has 7 heteroatoms. The van der Waals surface area contributed by atoms with E-state index < -0.39 is 12.0 Å². The van der Waals surface area contributed by atoms with Crippen molar-refractivity contribution in [3.8, 4) is 11.6 Å². The van der Waals surface area contributed by atoms with Crippen LogP contribution in [0.5, 0.6) is 11.6 Å². The quantitative estimate of drug-likeness (QED) is 0.659. The van der Waals surface area contributed by atoms with Crippen LogP contribution in [0.2, 0.25) is 5.02 Å². The van der Waals surface area contributed by atoms with Crippen LogP contribution in [-0.2, 0) is 0 Å². The largest absolute Gasteiger partial charge is 0.438 e. The maximum atomic E-state index is 12.2. The van der Waals surface area contributed by atoms with E-state index in [1.165, 1.54) is 0 Å². The second-order valence-corrected chi connectivity index (χ2v) is 7.16. The third-order valence-corrected chi connectivity index (χ3v) is 4.57. The molecule has 27 heavy (non-hydrogen) atoms. The highest BCUT2D eigenvalue weighted by atomic mass is 35.5. The van der Waals surface area contributed by atoms with Gasteiger partial charge in [-0.25, -0.2) is 4.98 Å². The first-order valence-corrected chi connectivity index (χ1v) is 9.22. The maximum Gasteiger partial charge on any atom is 0.256 e. The number of nitrogens with one attached hydrogen (secondary N) is 1. The molecule has 0 spiro atoms. The lowest BCUT2D eigenvalue weighted by molar-refractivity contribution is 0.0997. The molecule has 1 amide bonds. The molecule has 0 bridgehead atoms. The first kappa shape index (κ1) is 21.0. The third kappa shape index (κ3) is 4.90. The molecule has 4 N–H and O–H groups in total. The van der Waals surface area contributed by atoms with E-state index in [0.717, 1.165) is 11.1 Å². The lowest BCUT2D eigenvalue weighted by Crippen LogP contribution is -2.32. The van der Waals surface area contributed by atoms with Crippen molar-refractivity contribution in [1.29, 1.82) is 0 Å². The van der Waals surface area contributed by atoms with Crippen LogP contribution in [0.1, 0.15) is 47.4 Å². The first-order chi connectivity index (χ1) is 12.6. The van der Waals surface area contributed by atoms with Crippen molar-refractivity contribution in [3.05, 3.63) is 45.6 Å². The number of pyridine rings is 1. The van der Waals surface area contributed by atoms with Gasteiger partial charge in [-0.1, -0.05) is 18.5 Å². The van der Waals surface area contributed by atoms with Gasteiger partial charge in [0.05, 0.1) is 17.8 Å². The molecule has 0 saturated carbocycles. The average molecular weight is 392 g/mol. The molecule has 0 aliphatic carbocycles. The zero-order chi connectivity index (χ0) is 20.3. The lowest BCUT2D eigenvalue weighted by Gasteiger charge is -2.23. The number of hydrogen-bond acceptors (Lipinski definition) is 5. The minimum atomic E-state index is -0.662. The Kier molecular flexibility index (Phi) is 6.68. The summed E-state index contributed by atoms with van der Waals surface area (Å²) in [7, 11) is 0. The summed E-state index contributed by atoms with van der Waals surface area (Å²) in [4.78, 5) is 16.6. The predicted molar refractivity (Wildman–Crippen MR) is 108 cm³/mol. The minimum Gasteiger partial charge on any atom is -0.438 e. The number of nitrogens with two attached hydrogens (primary N) is 1. The summed E-state index contributed by atoms with van der Waals surface area (Å²) in [6.07, 6.45) is 0.0670. The zero-order valence-electron chi connectivity index (χ0n) is 16.3. The summed E-state index contributed by atoms with van der Waals surface area (Å²) in [6, 6.07) is 5.04. The Morgan fingerprint density at radius 3 is 2.37 bits per heavy atom. The van der Waals surface area contributed by atoms with E-state index >= 15 is 0 Å². The molecular formula is C20H26ClN3O3. The molecule has 1 aromatic carbocycles. The average Bonchev–Trinajstić information content (AvgIpc) is 2.54. The van der Waals surface area contributed by atoms with Gasteiger partial charge >= 0.3 is 0 Å². The van der Waals surface area contributed by atoms with Gasteiger partial charge in [0.25, 0.3) is 5.91 Å². The number of carbonyl (C=O) groups excluding carboxylic acids is 1. The van der Waals surface area contributed by atoms with Crippen LogP contribution in [-0.4, -0.2) is 28.1 Å². The van der Waals surface area contributed by atoms with Crippen LogP contribution in [0.4, 0.5) is 5.69 Å². The fourth-order valence-electron chi connectivity index (χ4n) is 2.99. The number of aliphatic hydroxyl groups is 1. The Morgan fingerprint density at radius 1 is 1.30 bits per heavy atom. The van der Waals surface area contributed by atoms with Crippen LogP contribution >= 0.6 is 11.6 Å². The molecule has 6 nitrogen and oxygen atoms in total. The van der Waals surface area contributed by atoms with E-state index in [-0.39, 0.29) is 17.5 Å². The highest BCUT2D eigenvalue weighted by molar-refractivity contribution is 6.30. The summed E-state index contributed by atoms with van der Waals surface area (Å²) < 4.78 is 6.01. The molecule has 0 aliphatic heterocycles. The zero-order valence-corrected chi connectivity index (χ0v) is 17.0. The van der Waals surface area contributed by atoms with E-state index in [1.54, 1.807) is 32.0 Å². The van der Waals surface area contributed by atoms with Gasteiger partial charge in [-0.05, 0) is 63.4 Å². The number of aryl methyl sites for hydroxylation is 3. The molecule has 2 atom stereocenters. The van der Waals surface area contributed by atoms with Crippen LogP contribution in [0.15, 0.2) is 18.2 Å². The van der Waals surface area contributed by atoms with Crippen LogP contribution in [0.25, 0.3) is 0 Å². The molecule has 0 fully saturated rings. The number of carbonyl (C=O) groups is 1. The maximum absolute atomic E-state index is 12.2. The van der Waals surface area contributed by atoms with Gasteiger partial charge in [0.15, 0.2) is 0 Å². The molecule has 0 aliphatic rings. The highest BCUT2D eigenvalue weighted by Gasteiger charge is 2.23. The summed E-state index contributed by atoms with van der Waals surface area (Å²) in [5, 5.41) is 13.7. The summed E-state index contributed by atoms with van der Waals surface area (Å²) in [6.45, 7) is 9.17. The first-order valence-electron chi connectivity index (χ1n) is 8.84. The molecule has 0 saturated heterocycles. The third-order valence-electron chi connectivity index (χ3n) is 4.35. The topological polar surface area (TPSA) is 97.5 Å². The smallest absolute Gasteiger partial charge is 0.256 e. The van der Waals surface area contributed by atoms with E-state index in [2.05, 4.69) is 10.3 Å². The second-order valence-electron chi connectivity index (χ2n) is 6.73. The summed E-state index contributed by atoms with van der Waals surface area (Å²) >= 11 is 6.08. The Labute approximate surface area is 164 Å². The minimum absolute atomic E-state index is 0.124. The van der Waals surface area contributed by atoms with Crippen molar-refractivity contribution < 1.29 is 14.6 Å².